The van der Waals surface area contributed by atoms with Gasteiger partial charge in [-0.2, -0.15) is 0 Å². The van der Waals surface area contributed by atoms with Crippen molar-refractivity contribution in [3.8, 4) is 5.75 Å². The normalized spacial score (nSPS) is 24.0. The fourth-order valence-electron chi connectivity index (χ4n) is 2.99. The third-order valence-electron chi connectivity index (χ3n) is 4.20. The molecular formula is C16H20N2O4. The zero-order valence-electron chi connectivity index (χ0n) is 12.6. The number of aryl methyl sites for hydroxylation is 1. The number of alkyl carbamates (subject to hydrolysis) is 1. The first kappa shape index (κ1) is 14.7. The van der Waals surface area contributed by atoms with Gasteiger partial charge in [0.05, 0.1) is 13.1 Å². The van der Waals surface area contributed by atoms with E-state index in [-0.39, 0.29) is 12.5 Å². The topological polar surface area (TPSA) is 67.9 Å². The summed E-state index contributed by atoms with van der Waals surface area (Å²) in [7, 11) is 0. The van der Waals surface area contributed by atoms with Crippen molar-refractivity contribution in [1.82, 2.24) is 10.2 Å². The predicted molar refractivity (Wildman–Crippen MR) is 79.7 cm³/mol. The predicted octanol–water partition coefficient (Wildman–Crippen LogP) is 1.47. The van der Waals surface area contributed by atoms with Crippen LogP contribution in [0.1, 0.15) is 18.4 Å². The van der Waals surface area contributed by atoms with Crippen LogP contribution in [0.15, 0.2) is 24.3 Å². The summed E-state index contributed by atoms with van der Waals surface area (Å²) in [5, 5.41) is 2.67. The minimum atomic E-state index is -0.562. The van der Waals surface area contributed by atoms with Crippen molar-refractivity contribution in [2.24, 2.45) is 0 Å². The molecule has 1 aromatic rings. The van der Waals surface area contributed by atoms with E-state index in [1.165, 1.54) is 0 Å². The molecule has 2 fully saturated rings. The third-order valence-corrected chi connectivity index (χ3v) is 4.20. The highest BCUT2D eigenvalue weighted by Crippen LogP contribution is 2.28. The van der Waals surface area contributed by atoms with Crippen LogP contribution >= 0.6 is 0 Å². The number of amides is 2. The Morgan fingerprint density at radius 3 is 3.00 bits per heavy atom. The monoisotopic (exact) mass is 304 g/mol. The minimum absolute atomic E-state index is 0.00229. The van der Waals surface area contributed by atoms with Gasteiger partial charge in [-0.25, -0.2) is 4.79 Å². The number of likely N-dealkylation sites (tertiary alicyclic amines) is 1. The summed E-state index contributed by atoms with van der Waals surface area (Å²) in [6, 6.07) is 7.61. The van der Waals surface area contributed by atoms with Crippen LogP contribution in [0.25, 0.3) is 0 Å². The molecule has 2 aliphatic heterocycles. The number of nitrogens with zero attached hydrogens (tertiary/aromatic N) is 1. The second-order valence-corrected chi connectivity index (χ2v) is 5.90. The minimum Gasteiger partial charge on any atom is -0.484 e. The SMILES string of the molecule is Cc1ccccc1OCC(=O)N1CCC[C@@]2(CNC(=O)O2)C1. The highest BCUT2D eigenvalue weighted by molar-refractivity contribution is 5.78. The van der Waals surface area contributed by atoms with Crippen LogP contribution in [0.4, 0.5) is 4.79 Å². The molecule has 0 aromatic heterocycles. The molecule has 22 heavy (non-hydrogen) atoms. The number of carbonyl (C=O) groups excluding carboxylic acids is 2. The van der Waals surface area contributed by atoms with Crippen molar-refractivity contribution in [2.45, 2.75) is 25.4 Å². The Bertz CT molecular complexity index is 589. The third kappa shape index (κ3) is 3.00. The number of rotatable bonds is 3. The molecule has 2 aliphatic rings. The average Bonchev–Trinajstić information content (AvgIpc) is 2.86. The van der Waals surface area contributed by atoms with Crippen LogP contribution in [-0.4, -0.2) is 48.7 Å². The number of benzene rings is 1. The molecule has 1 aromatic carbocycles. The molecule has 2 heterocycles. The van der Waals surface area contributed by atoms with E-state index < -0.39 is 11.7 Å². The summed E-state index contributed by atoms with van der Waals surface area (Å²) < 4.78 is 11.0. The molecule has 3 rings (SSSR count). The molecule has 0 aliphatic carbocycles. The lowest BCUT2D eigenvalue weighted by atomic mass is 9.93. The number of carbonyl (C=O) groups is 2. The fraction of sp³-hybridized carbons (Fsp3) is 0.500. The van der Waals surface area contributed by atoms with Gasteiger partial charge in [-0.15, -0.1) is 0 Å². The van der Waals surface area contributed by atoms with E-state index in [0.717, 1.165) is 24.2 Å². The quantitative estimate of drug-likeness (QED) is 0.918. The average molecular weight is 304 g/mol. The standard InChI is InChI=1S/C16H20N2O4/c1-12-5-2-3-6-13(12)21-9-14(19)18-8-4-7-16(11-18)10-17-15(20)22-16/h2-3,5-6H,4,7-11H2,1H3,(H,17,20)/t16-/m1/s1. The molecule has 6 heteroatoms. The first-order valence-electron chi connectivity index (χ1n) is 7.51. The van der Waals surface area contributed by atoms with E-state index in [2.05, 4.69) is 5.32 Å². The fourth-order valence-corrected chi connectivity index (χ4v) is 2.99. The van der Waals surface area contributed by atoms with Crippen LogP contribution in [0, 0.1) is 6.92 Å². The molecule has 1 atom stereocenters. The molecule has 0 unspecified atom stereocenters. The second-order valence-electron chi connectivity index (χ2n) is 5.90. The number of para-hydroxylation sites is 1. The Morgan fingerprint density at radius 2 is 2.27 bits per heavy atom. The van der Waals surface area contributed by atoms with Crippen LogP contribution in [-0.2, 0) is 9.53 Å². The van der Waals surface area contributed by atoms with Gasteiger partial charge in [0.2, 0.25) is 0 Å². The van der Waals surface area contributed by atoms with Gasteiger partial charge >= 0.3 is 6.09 Å². The zero-order valence-corrected chi connectivity index (χ0v) is 12.6. The number of ether oxygens (including phenoxy) is 2. The van der Waals surface area contributed by atoms with Crippen molar-refractivity contribution in [3.63, 3.8) is 0 Å². The second kappa shape index (κ2) is 5.87. The summed E-state index contributed by atoms with van der Waals surface area (Å²) in [6.45, 7) is 3.52. The lowest BCUT2D eigenvalue weighted by Gasteiger charge is -2.38. The molecule has 0 radical (unpaired) electrons. The van der Waals surface area contributed by atoms with E-state index in [4.69, 9.17) is 9.47 Å². The van der Waals surface area contributed by atoms with Crippen molar-refractivity contribution in [3.05, 3.63) is 29.8 Å². The van der Waals surface area contributed by atoms with Crippen LogP contribution in [0.5, 0.6) is 5.75 Å². The molecule has 6 nitrogen and oxygen atoms in total. The van der Waals surface area contributed by atoms with Crippen molar-refractivity contribution in [2.75, 3.05) is 26.2 Å². The van der Waals surface area contributed by atoms with Gasteiger partial charge < -0.3 is 19.7 Å². The maximum Gasteiger partial charge on any atom is 0.407 e. The summed E-state index contributed by atoms with van der Waals surface area (Å²) in [5.74, 6) is 0.641. The highest BCUT2D eigenvalue weighted by atomic mass is 16.6. The smallest absolute Gasteiger partial charge is 0.407 e. The van der Waals surface area contributed by atoms with E-state index in [9.17, 15) is 9.59 Å². The summed E-state index contributed by atoms with van der Waals surface area (Å²) >= 11 is 0. The van der Waals surface area contributed by atoms with Gasteiger partial charge in [-0.3, -0.25) is 4.79 Å². The lowest BCUT2D eigenvalue weighted by Crippen LogP contribution is -2.53. The number of piperidine rings is 1. The zero-order chi connectivity index (χ0) is 15.6. The van der Waals surface area contributed by atoms with Gasteiger partial charge in [0.25, 0.3) is 5.91 Å². The van der Waals surface area contributed by atoms with Gasteiger partial charge in [-0.1, -0.05) is 18.2 Å². The Morgan fingerprint density at radius 1 is 1.45 bits per heavy atom. The van der Waals surface area contributed by atoms with Crippen molar-refractivity contribution < 1.29 is 19.1 Å². The van der Waals surface area contributed by atoms with Gasteiger partial charge in [0.1, 0.15) is 11.4 Å². The Labute approximate surface area is 129 Å². The van der Waals surface area contributed by atoms with E-state index in [1.807, 2.05) is 31.2 Å². The van der Waals surface area contributed by atoms with Crippen molar-refractivity contribution in [1.29, 1.82) is 0 Å². The Kier molecular flexibility index (Phi) is 3.92. The van der Waals surface area contributed by atoms with Crippen LogP contribution in [0.3, 0.4) is 0 Å². The molecule has 118 valence electrons. The van der Waals surface area contributed by atoms with Crippen molar-refractivity contribution >= 4 is 12.0 Å². The maximum atomic E-state index is 12.3. The Hall–Kier alpha value is -2.24. The summed E-state index contributed by atoms with van der Waals surface area (Å²) in [6.07, 6.45) is 1.21. The molecule has 2 amide bonds. The number of hydrogen-bond acceptors (Lipinski definition) is 4. The van der Waals surface area contributed by atoms with Gasteiger partial charge in [0.15, 0.2) is 6.61 Å². The lowest BCUT2D eigenvalue weighted by molar-refractivity contribution is -0.138. The van der Waals surface area contributed by atoms with E-state index in [0.29, 0.717) is 19.6 Å². The molecule has 0 bridgehead atoms. The number of nitrogens with one attached hydrogen (secondary N) is 1. The summed E-state index contributed by atoms with van der Waals surface area (Å²) in [4.78, 5) is 25.3. The van der Waals surface area contributed by atoms with Crippen LogP contribution in [0.2, 0.25) is 0 Å². The van der Waals surface area contributed by atoms with E-state index in [1.54, 1.807) is 4.90 Å². The number of hydrogen-bond donors (Lipinski definition) is 1. The highest BCUT2D eigenvalue weighted by Gasteiger charge is 2.44. The largest absolute Gasteiger partial charge is 0.484 e. The van der Waals surface area contributed by atoms with Gasteiger partial charge in [0, 0.05) is 6.54 Å². The summed E-state index contributed by atoms with van der Waals surface area (Å²) in [5.41, 5.74) is 0.438. The molecule has 1 spiro atoms. The molecule has 1 N–H and O–H groups in total. The first-order valence-corrected chi connectivity index (χ1v) is 7.51. The maximum absolute atomic E-state index is 12.3. The van der Waals surface area contributed by atoms with E-state index >= 15 is 0 Å². The Balaban J connectivity index is 1.58. The molecule has 0 saturated carbocycles. The molecular weight excluding hydrogens is 284 g/mol. The first-order chi connectivity index (χ1) is 10.6. The van der Waals surface area contributed by atoms with Gasteiger partial charge in [-0.05, 0) is 31.4 Å². The molecule has 2 saturated heterocycles. The van der Waals surface area contributed by atoms with Crippen LogP contribution < -0.4 is 10.1 Å².